The SMILES string of the molecule is COc1ccc(OC)c2c1CN(C(=O)c1ccc3c(c1)C(=O)CCC3(C)C)CC2O. The molecule has 6 nitrogen and oxygen atoms in total. The summed E-state index contributed by atoms with van der Waals surface area (Å²) in [5.41, 5.74) is 3.38. The van der Waals surface area contributed by atoms with Gasteiger partial charge in [-0.3, -0.25) is 9.59 Å². The number of fused-ring (bicyclic) bond motifs is 2. The molecule has 1 heterocycles. The Bertz CT molecular complexity index is 1030. The molecule has 1 amide bonds. The summed E-state index contributed by atoms with van der Waals surface area (Å²) in [7, 11) is 3.12. The second kappa shape index (κ2) is 7.43. The highest BCUT2D eigenvalue weighted by atomic mass is 16.5. The molecule has 158 valence electrons. The van der Waals surface area contributed by atoms with Crippen LogP contribution in [0.5, 0.6) is 11.5 Å². The van der Waals surface area contributed by atoms with E-state index in [1.165, 1.54) is 0 Å². The lowest BCUT2D eigenvalue weighted by atomic mass is 9.72. The zero-order chi connectivity index (χ0) is 21.6. The van der Waals surface area contributed by atoms with Gasteiger partial charge in [-0.1, -0.05) is 19.9 Å². The molecule has 6 heteroatoms. The minimum atomic E-state index is -0.888. The van der Waals surface area contributed by atoms with Gasteiger partial charge in [-0.2, -0.15) is 0 Å². The highest BCUT2D eigenvalue weighted by Crippen LogP contribution is 2.40. The topological polar surface area (TPSA) is 76.1 Å². The third kappa shape index (κ3) is 3.25. The Labute approximate surface area is 176 Å². The molecule has 0 fully saturated rings. The Morgan fingerprint density at radius 2 is 1.83 bits per heavy atom. The Hall–Kier alpha value is -2.86. The Balaban J connectivity index is 1.69. The summed E-state index contributed by atoms with van der Waals surface area (Å²) in [5.74, 6) is 1.04. The van der Waals surface area contributed by atoms with E-state index in [0.717, 1.165) is 17.5 Å². The van der Waals surface area contributed by atoms with Crippen LogP contribution < -0.4 is 9.47 Å². The molecule has 1 N–H and O–H groups in total. The van der Waals surface area contributed by atoms with E-state index in [9.17, 15) is 14.7 Å². The summed E-state index contributed by atoms with van der Waals surface area (Å²) in [6.45, 7) is 4.68. The monoisotopic (exact) mass is 409 g/mol. The zero-order valence-electron chi connectivity index (χ0n) is 17.8. The summed E-state index contributed by atoms with van der Waals surface area (Å²) >= 11 is 0. The number of aliphatic hydroxyl groups is 1. The second-order valence-electron chi connectivity index (χ2n) is 8.63. The number of nitrogens with zero attached hydrogens (tertiary/aromatic N) is 1. The van der Waals surface area contributed by atoms with Gasteiger partial charge in [0, 0.05) is 28.7 Å². The number of ether oxygens (including phenoxy) is 2. The van der Waals surface area contributed by atoms with Crippen LogP contribution in [0.15, 0.2) is 30.3 Å². The molecule has 0 saturated carbocycles. The van der Waals surface area contributed by atoms with Gasteiger partial charge in [-0.05, 0) is 41.7 Å². The fourth-order valence-corrected chi connectivity index (χ4v) is 4.61. The maximum atomic E-state index is 13.3. The van der Waals surface area contributed by atoms with Gasteiger partial charge in [0.25, 0.3) is 5.91 Å². The standard InChI is InChI=1S/C24H27NO5/c1-24(2)10-9-18(26)15-11-14(5-6-17(15)24)23(28)25-12-16-20(29-3)7-8-21(30-4)22(16)19(27)13-25/h5-8,11,19,27H,9-10,12-13H2,1-4H3. The number of β-amino-alcohol motifs (C(OH)–C–C–N with tert-alkyl or cyclic N) is 1. The van der Waals surface area contributed by atoms with Crippen LogP contribution in [-0.2, 0) is 12.0 Å². The molecule has 0 bridgehead atoms. The highest BCUT2D eigenvalue weighted by Gasteiger charge is 2.35. The number of Topliss-reactive ketones (excluding diaryl/α,β-unsaturated/α-hetero) is 1. The van der Waals surface area contributed by atoms with Crippen molar-refractivity contribution in [3.05, 3.63) is 58.1 Å². The van der Waals surface area contributed by atoms with Gasteiger partial charge < -0.3 is 19.5 Å². The minimum Gasteiger partial charge on any atom is -0.496 e. The number of benzene rings is 2. The van der Waals surface area contributed by atoms with Crippen molar-refractivity contribution < 1.29 is 24.2 Å². The molecule has 1 aliphatic heterocycles. The van der Waals surface area contributed by atoms with Crippen LogP contribution in [0.25, 0.3) is 0 Å². The molecular weight excluding hydrogens is 382 g/mol. The van der Waals surface area contributed by atoms with Gasteiger partial charge in [0.15, 0.2) is 5.78 Å². The first-order chi connectivity index (χ1) is 14.3. The van der Waals surface area contributed by atoms with Crippen molar-refractivity contribution in [1.29, 1.82) is 0 Å². The van der Waals surface area contributed by atoms with E-state index in [0.29, 0.717) is 41.2 Å². The molecule has 1 atom stereocenters. The van der Waals surface area contributed by atoms with E-state index in [4.69, 9.17) is 9.47 Å². The van der Waals surface area contributed by atoms with Crippen LogP contribution in [0.4, 0.5) is 0 Å². The van der Waals surface area contributed by atoms with E-state index in [-0.39, 0.29) is 23.7 Å². The lowest BCUT2D eigenvalue weighted by molar-refractivity contribution is 0.0538. The molecule has 2 aromatic rings. The number of aliphatic hydroxyl groups excluding tert-OH is 1. The number of rotatable bonds is 3. The van der Waals surface area contributed by atoms with Crippen molar-refractivity contribution in [2.24, 2.45) is 0 Å². The molecule has 1 unspecified atom stereocenters. The number of hydrogen-bond donors (Lipinski definition) is 1. The number of carbonyl (C=O) groups is 2. The van der Waals surface area contributed by atoms with E-state index in [2.05, 4.69) is 13.8 Å². The molecule has 0 aromatic heterocycles. The van der Waals surface area contributed by atoms with E-state index >= 15 is 0 Å². The summed E-state index contributed by atoms with van der Waals surface area (Å²) in [5, 5.41) is 10.8. The Morgan fingerprint density at radius 3 is 2.53 bits per heavy atom. The lowest BCUT2D eigenvalue weighted by Gasteiger charge is -2.35. The van der Waals surface area contributed by atoms with E-state index < -0.39 is 6.10 Å². The smallest absolute Gasteiger partial charge is 0.254 e. The molecular formula is C24H27NO5. The van der Waals surface area contributed by atoms with Crippen molar-refractivity contribution in [3.8, 4) is 11.5 Å². The molecule has 0 spiro atoms. The highest BCUT2D eigenvalue weighted by molar-refractivity contribution is 6.02. The maximum Gasteiger partial charge on any atom is 0.254 e. The molecule has 2 aromatic carbocycles. The van der Waals surface area contributed by atoms with Gasteiger partial charge in [0.1, 0.15) is 17.6 Å². The third-order valence-corrected chi connectivity index (χ3v) is 6.35. The molecule has 0 saturated heterocycles. The van der Waals surface area contributed by atoms with Crippen LogP contribution in [0.3, 0.4) is 0 Å². The number of methoxy groups -OCH3 is 2. The number of hydrogen-bond acceptors (Lipinski definition) is 5. The summed E-state index contributed by atoms with van der Waals surface area (Å²) in [6, 6.07) is 8.93. The first-order valence-corrected chi connectivity index (χ1v) is 10.2. The number of ketones is 1. The average molecular weight is 409 g/mol. The van der Waals surface area contributed by atoms with E-state index in [1.807, 2.05) is 6.07 Å². The van der Waals surface area contributed by atoms with Crippen LogP contribution in [0, 0.1) is 0 Å². The van der Waals surface area contributed by atoms with Crippen molar-refractivity contribution >= 4 is 11.7 Å². The second-order valence-corrected chi connectivity index (χ2v) is 8.63. The van der Waals surface area contributed by atoms with Gasteiger partial charge in [-0.25, -0.2) is 0 Å². The van der Waals surface area contributed by atoms with Gasteiger partial charge in [0.2, 0.25) is 0 Å². The summed E-state index contributed by atoms with van der Waals surface area (Å²) in [6.07, 6.45) is 0.411. The molecule has 2 aliphatic rings. The van der Waals surface area contributed by atoms with E-state index in [1.54, 1.807) is 43.4 Å². The molecule has 1 aliphatic carbocycles. The summed E-state index contributed by atoms with van der Waals surface area (Å²) in [4.78, 5) is 27.4. The van der Waals surface area contributed by atoms with Crippen molar-refractivity contribution in [2.45, 2.75) is 44.8 Å². The number of amides is 1. The normalized spacial score (nSPS) is 19.7. The zero-order valence-corrected chi connectivity index (χ0v) is 17.8. The molecule has 30 heavy (non-hydrogen) atoms. The predicted molar refractivity (Wildman–Crippen MR) is 112 cm³/mol. The van der Waals surface area contributed by atoms with Gasteiger partial charge in [0.05, 0.1) is 27.3 Å². The molecule has 4 rings (SSSR count). The maximum absolute atomic E-state index is 13.3. The first-order valence-electron chi connectivity index (χ1n) is 10.2. The van der Waals surface area contributed by atoms with Crippen molar-refractivity contribution in [3.63, 3.8) is 0 Å². The third-order valence-electron chi connectivity index (χ3n) is 6.35. The fraction of sp³-hybridized carbons (Fsp3) is 0.417. The Kier molecular flexibility index (Phi) is 5.06. The van der Waals surface area contributed by atoms with Crippen LogP contribution >= 0.6 is 0 Å². The summed E-state index contributed by atoms with van der Waals surface area (Å²) < 4.78 is 10.9. The van der Waals surface area contributed by atoms with Crippen LogP contribution in [-0.4, -0.2) is 42.5 Å². The molecule has 0 radical (unpaired) electrons. The minimum absolute atomic E-state index is 0.0782. The van der Waals surface area contributed by atoms with Crippen molar-refractivity contribution in [1.82, 2.24) is 4.90 Å². The van der Waals surface area contributed by atoms with Gasteiger partial charge in [-0.15, -0.1) is 0 Å². The van der Waals surface area contributed by atoms with Gasteiger partial charge >= 0.3 is 0 Å². The van der Waals surface area contributed by atoms with Crippen LogP contribution in [0.2, 0.25) is 0 Å². The fourth-order valence-electron chi connectivity index (χ4n) is 4.61. The largest absolute Gasteiger partial charge is 0.496 e. The van der Waals surface area contributed by atoms with Crippen LogP contribution in [0.1, 0.15) is 70.2 Å². The quantitative estimate of drug-likeness (QED) is 0.838. The number of carbonyl (C=O) groups excluding carboxylic acids is 2. The van der Waals surface area contributed by atoms with Crippen molar-refractivity contribution in [2.75, 3.05) is 20.8 Å². The Morgan fingerprint density at radius 1 is 1.13 bits per heavy atom. The first kappa shape index (κ1) is 20.4. The lowest BCUT2D eigenvalue weighted by Crippen LogP contribution is -2.39. The predicted octanol–water partition coefficient (Wildman–Crippen LogP) is 3.65. The average Bonchev–Trinajstić information content (AvgIpc) is 2.74.